The summed E-state index contributed by atoms with van der Waals surface area (Å²) in [5.41, 5.74) is -5.23. The molecule has 2 atom stereocenters. The number of guanidine groups is 1. The minimum Gasteiger partial charge on any atom is -0.356 e. The molecule has 2 bridgehead atoms. The molecule has 12 heteroatoms. The van der Waals surface area contributed by atoms with E-state index in [9.17, 15) is 21.6 Å². The van der Waals surface area contributed by atoms with E-state index in [1.807, 2.05) is 0 Å². The average molecular weight is 567 g/mol. The fraction of sp³-hybridized carbons (Fsp3) is 0.944. The molecule has 3 aliphatic rings. The van der Waals surface area contributed by atoms with Crippen LogP contribution in [0, 0.1) is 5.92 Å². The van der Waals surface area contributed by atoms with Crippen molar-refractivity contribution in [3.8, 4) is 0 Å². The van der Waals surface area contributed by atoms with Crippen molar-refractivity contribution in [2.45, 2.75) is 68.6 Å². The third-order valence-electron chi connectivity index (χ3n) is 6.67. The highest BCUT2D eigenvalue weighted by molar-refractivity contribution is 14.0. The highest BCUT2D eigenvalue weighted by atomic mass is 127. The monoisotopic (exact) mass is 567 g/mol. The maximum Gasteiger partial charge on any atom is 0.511 e. The van der Waals surface area contributed by atoms with Gasteiger partial charge in [0.05, 0.1) is 0 Å². The fourth-order valence-electron chi connectivity index (χ4n) is 4.86. The van der Waals surface area contributed by atoms with E-state index in [0.29, 0.717) is 47.8 Å². The van der Waals surface area contributed by atoms with E-state index in [1.54, 1.807) is 7.05 Å². The van der Waals surface area contributed by atoms with Crippen molar-refractivity contribution in [3.63, 3.8) is 0 Å². The van der Waals surface area contributed by atoms with Gasteiger partial charge >= 0.3 is 15.5 Å². The Balaban J connectivity index is 0.00000320. The molecular formula is C18H33F3IN5O2S. The average Bonchev–Trinajstić information content (AvgIpc) is 2.65. The van der Waals surface area contributed by atoms with Gasteiger partial charge in [0, 0.05) is 44.8 Å². The second kappa shape index (κ2) is 10.5. The lowest BCUT2D eigenvalue weighted by atomic mass is 9.82. The van der Waals surface area contributed by atoms with Crippen molar-refractivity contribution in [1.82, 2.24) is 19.8 Å². The van der Waals surface area contributed by atoms with Crippen LogP contribution in [-0.2, 0) is 10.0 Å². The zero-order valence-corrected chi connectivity index (χ0v) is 20.6. The summed E-state index contributed by atoms with van der Waals surface area (Å²) in [6.45, 7) is 0.371. The van der Waals surface area contributed by atoms with Gasteiger partial charge in [-0.2, -0.15) is 17.5 Å². The first-order valence-electron chi connectivity index (χ1n) is 10.4. The molecule has 0 amide bonds. The second-order valence-electron chi connectivity index (χ2n) is 8.46. The van der Waals surface area contributed by atoms with Crippen LogP contribution in [0.4, 0.5) is 13.2 Å². The van der Waals surface area contributed by atoms with Crippen LogP contribution in [-0.4, -0.2) is 80.9 Å². The summed E-state index contributed by atoms with van der Waals surface area (Å²) in [7, 11) is -1.29. The van der Waals surface area contributed by atoms with Gasteiger partial charge < -0.3 is 15.5 Å². The van der Waals surface area contributed by atoms with Crippen LogP contribution in [0.5, 0.6) is 0 Å². The van der Waals surface area contributed by atoms with E-state index >= 15 is 0 Å². The molecule has 7 nitrogen and oxygen atoms in total. The third kappa shape index (κ3) is 5.91. The van der Waals surface area contributed by atoms with Crippen LogP contribution in [0.2, 0.25) is 0 Å². The summed E-state index contributed by atoms with van der Waals surface area (Å²) >= 11 is 0. The summed E-state index contributed by atoms with van der Waals surface area (Å²) in [5, 5.41) is 6.79. The van der Waals surface area contributed by atoms with Gasteiger partial charge in [-0.25, -0.2) is 8.42 Å². The van der Waals surface area contributed by atoms with Crippen molar-refractivity contribution in [1.29, 1.82) is 0 Å². The molecule has 3 heterocycles. The molecule has 3 rings (SSSR count). The summed E-state index contributed by atoms with van der Waals surface area (Å²) in [6, 6.07) is 1.59. The molecule has 3 aliphatic heterocycles. The number of sulfonamides is 1. The third-order valence-corrected chi connectivity index (χ3v) is 8.30. The highest BCUT2D eigenvalue weighted by Crippen LogP contribution is 2.33. The topological polar surface area (TPSA) is 77.0 Å². The Kier molecular flexibility index (Phi) is 9.09. The quantitative estimate of drug-likeness (QED) is 0.310. The molecule has 0 saturated carbocycles. The molecule has 0 aliphatic carbocycles. The summed E-state index contributed by atoms with van der Waals surface area (Å²) < 4.78 is 61.6. The number of nitrogens with zero attached hydrogens (tertiary/aromatic N) is 3. The first-order valence-corrected chi connectivity index (χ1v) is 11.8. The van der Waals surface area contributed by atoms with E-state index < -0.39 is 15.5 Å². The number of hydrogen-bond donors (Lipinski definition) is 2. The van der Waals surface area contributed by atoms with Crippen molar-refractivity contribution in [2.75, 3.05) is 33.7 Å². The number of rotatable bonds is 4. The van der Waals surface area contributed by atoms with Gasteiger partial charge in [-0.1, -0.05) is 6.42 Å². The predicted octanol–water partition coefficient (Wildman–Crippen LogP) is 2.35. The highest BCUT2D eigenvalue weighted by Gasteiger charge is 2.50. The van der Waals surface area contributed by atoms with E-state index in [4.69, 9.17) is 0 Å². The Morgan fingerprint density at radius 2 is 1.67 bits per heavy atom. The van der Waals surface area contributed by atoms with Crippen LogP contribution in [0.1, 0.15) is 44.9 Å². The number of fused-ring (bicyclic) bond motifs is 2. The number of halogens is 4. The minimum absolute atomic E-state index is 0. The molecular weight excluding hydrogens is 534 g/mol. The lowest BCUT2D eigenvalue weighted by molar-refractivity contribution is -0.0496. The van der Waals surface area contributed by atoms with Crippen molar-refractivity contribution >= 4 is 40.0 Å². The summed E-state index contributed by atoms with van der Waals surface area (Å²) in [6.07, 6.45) is 6.73. The van der Waals surface area contributed by atoms with Gasteiger partial charge in [-0.3, -0.25) is 4.99 Å². The van der Waals surface area contributed by atoms with Gasteiger partial charge in [-0.05, 0) is 51.5 Å². The van der Waals surface area contributed by atoms with Crippen molar-refractivity contribution < 1.29 is 21.6 Å². The van der Waals surface area contributed by atoms with Crippen LogP contribution >= 0.6 is 24.0 Å². The molecule has 176 valence electrons. The smallest absolute Gasteiger partial charge is 0.356 e. The lowest BCUT2D eigenvalue weighted by Crippen LogP contribution is -2.57. The zero-order valence-electron chi connectivity index (χ0n) is 17.5. The van der Waals surface area contributed by atoms with Gasteiger partial charge in [-0.15, -0.1) is 24.0 Å². The second-order valence-corrected chi connectivity index (χ2v) is 10.4. The summed E-state index contributed by atoms with van der Waals surface area (Å²) in [4.78, 5) is 6.79. The SMILES string of the molecule is CN=C(NCC1CCN(S(=O)(=O)C(F)(F)F)CC1)NC1CC2CCCC(C1)N2C.I. The van der Waals surface area contributed by atoms with Crippen LogP contribution in [0.3, 0.4) is 0 Å². The van der Waals surface area contributed by atoms with Gasteiger partial charge in [0.25, 0.3) is 0 Å². The van der Waals surface area contributed by atoms with Crippen molar-refractivity contribution in [3.05, 3.63) is 0 Å². The van der Waals surface area contributed by atoms with Gasteiger partial charge in [0.2, 0.25) is 0 Å². The molecule has 30 heavy (non-hydrogen) atoms. The first-order chi connectivity index (χ1) is 13.6. The fourth-order valence-corrected chi connectivity index (χ4v) is 5.85. The summed E-state index contributed by atoms with van der Waals surface area (Å²) in [5.74, 6) is 0.827. The molecule has 0 aromatic heterocycles. The Bertz CT molecular complexity index is 684. The predicted molar refractivity (Wildman–Crippen MR) is 121 cm³/mol. The maximum atomic E-state index is 12.7. The Hall–Kier alpha value is -0.340. The standard InChI is InChI=1S/C18H32F3N5O2S.HI/c1-22-17(24-14-10-15-4-3-5-16(11-14)25(15)2)23-12-13-6-8-26(9-7-13)29(27,28)18(19,20)21;/h13-16H,3-12H2,1-2H3,(H2,22,23,24);1H. The maximum absolute atomic E-state index is 12.7. The Morgan fingerprint density at radius 1 is 1.10 bits per heavy atom. The number of aliphatic imine (C=N–C) groups is 1. The van der Waals surface area contributed by atoms with Crippen LogP contribution < -0.4 is 10.6 Å². The van der Waals surface area contributed by atoms with Gasteiger partial charge in [0.15, 0.2) is 5.96 Å². The Morgan fingerprint density at radius 3 is 2.17 bits per heavy atom. The molecule has 2 unspecified atom stereocenters. The normalized spacial score (nSPS) is 29.9. The number of piperidine rings is 3. The first kappa shape index (κ1) is 25.9. The van der Waals surface area contributed by atoms with E-state index in [1.165, 1.54) is 19.3 Å². The van der Waals surface area contributed by atoms with Gasteiger partial charge in [0.1, 0.15) is 0 Å². The molecule has 0 spiro atoms. The van der Waals surface area contributed by atoms with Crippen molar-refractivity contribution in [2.24, 2.45) is 10.9 Å². The van der Waals surface area contributed by atoms with E-state index in [2.05, 4.69) is 27.6 Å². The zero-order chi connectivity index (χ0) is 21.2. The largest absolute Gasteiger partial charge is 0.511 e. The lowest BCUT2D eigenvalue weighted by Gasteiger charge is -2.47. The molecule has 0 radical (unpaired) electrons. The molecule has 2 N–H and O–H groups in total. The van der Waals surface area contributed by atoms with Crippen LogP contribution in [0.15, 0.2) is 4.99 Å². The number of nitrogens with one attached hydrogen (secondary N) is 2. The van der Waals surface area contributed by atoms with E-state index in [-0.39, 0.29) is 43.0 Å². The number of hydrogen-bond acceptors (Lipinski definition) is 4. The van der Waals surface area contributed by atoms with E-state index in [0.717, 1.165) is 12.8 Å². The Labute approximate surface area is 194 Å². The number of alkyl halides is 3. The molecule has 3 saturated heterocycles. The minimum atomic E-state index is -5.23. The van der Waals surface area contributed by atoms with Crippen LogP contribution in [0.25, 0.3) is 0 Å². The molecule has 0 aromatic carbocycles. The molecule has 0 aromatic rings. The molecule has 3 fully saturated rings.